The van der Waals surface area contributed by atoms with E-state index in [2.05, 4.69) is 127 Å². The number of ether oxygens (including phenoxy) is 2. The van der Waals surface area contributed by atoms with Crippen LogP contribution in [0.2, 0.25) is 5.02 Å². The van der Waals surface area contributed by atoms with E-state index in [0.29, 0.717) is 32.8 Å². The highest BCUT2D eigenvalue weighted by molar-refractivity contribution is 6.33. The van der Waals surface area contributed by atoms with Gasteiger partial charge in [0, 0.05) is 27.7 Å². The maximum atomic E-state index is 13.7. The zero-order valence-corrected chi connectivity index (χ0v) is 36.0. The van der Waals surface area contributed by atoms with E-state index in [1.807, 2.05) is 36.4 Å². The van der Waals surface area contributed by atoms with E-state index in [0.717, 1.165) is 67.6 Å². The topological polar surface area (TPSA) is 55.8 Å². The average molecular weight is 828 g/mol. The summed E-state index contributed by atoms with van der Waals surface area (Å²) in [6.45, 7) is 7.72. The minimum absolute atomic E-state index is 0.192. The SMILES string of the molecule is C=CC/C=C\C=C/CC/C1=C/C=C(N(C2=C(c3ccccc3)CC/C=C/C=C2)c2ccc(-c3cc(C(=O)OCC)c(-c4ccccc4Cl)cc3C(=O)OCC)cc2)\C=C/CC1. The van der Waals surface area contributed by atoms with E-state index in [4.69, 9.17) is 21.1 Å². The minimum atomic E-state index is -0.505. The van der Waals surface area contributed by atoms with Gasteiger partial charge in [-0.15, -0.1) is 6.58 Å². The van der Waals surface area contributed by atoms with Crippen LogP contribution in [0.1, 0.15) is 85.1 Å². The van der Waals surface area contributed by atoms with E-state index in [1.54, 1.807) is 32.0 Å². The standard InChI is InChI=1S/C55H54ClNO4/c1-4-7-8-9-10-11-15-24-41-25-20-21-28-44(36-33-41)57(53-32-19-13-12-18-29-46(53)42-26-16-14-17-27-42)45-37-34-43(35-38-45)48-39-51(55(59)61-6-3)49(40-50(48)54(58)60-5-2)47-30-22-23-31-52(47)56/h4,8-14,16-17,19,21-23,26-28,30-40H,1,5-7,15,18,20,24-25,29H2,2-3H3/b9-8-,11-10-,13-12+,28-21-,32-19?,41-33-,44-36+,53-46?. The summed E-state index contributed by atoms with van der Waals surface area (Å²) in [6, 6.07) is 29.5. The number of carbonyl (C=O) groups excluding carboxylic acids is 2. The number of rotatable bonds is 16. The molecule has 2 aliphatic rings. The van der Waals surface area contributed by atoms with E-state index < -0.39 is 11.9 Å². The van der Waals surface area contributed by atoms with Crippen LogP contribution in [-0.2, 0) is 9.47 Å². The number of allylic oxidation sites excluding steroid dienone is 15. The van der Waals surface area contributed by atoms with Gasteiger partial charge in [-0.1, -0.05) is 139 Å². The van der Waals surface area contributed by atoms with Crippen LogP contribution in [0.3, 0.4) is 0 Å². The van der Waals surface area contributed by atoms with Crippen molar-refractivity contribution in [1.82, 2.24) is 0 Å². The lowest BCUT2D eigenvalue weighted by molar-refractivity contribution is 0.0513. The van der Waals surface area contributed by atoms with Crippen molar-refractivity contribution in [2.24, 2.45) is 0 Å². The van der Waals surface area contributed by atoms with Crippen molar-refractivity contribution < 1.29 is 19.1 Å². The summed E-state index contributed by atoms with van der Waals surface area (Å²) >= 11 is 6.68. The Bertz CT molecular complexity index is 2420. The molecule has 5 nitrogen and oxygen atoms in total. The second-order valence-electron chi connectivity index (χ2n) is 14.6. The largest absolute Gasteiger partial charge is 0.462 e. The van der Waals surface area contributed by atoms with Crippen molar-refractivity contribution in [3.8, 4) is 22.3 Å². The molecule has 4 aromatic rings. The summed E-state index contributed by atoms with van der Waals surface area (Å²) in [5.41, 5.74) is 9.89. The fraction of sp³-hybridized carbons (Fsp3) is 0.200. The van der Waals surface area contributed by atoms with Crippen molar-refractivity contribution in [2.45, 2.75) is 58.8 Å². The van der Waals surface area contributed by atoms with Gasteiger partial charge >= 0.3 is 11.9 Å². The molecule has 0 unspecified atom stereocenters. The summed E-state index contributed by atoms with van der Waals surface area (Å²) < 4.78 is 11.1. The average Bonchev–Trinajstić information content (AvgIpc) is 3.26. The predicted octanol–water partition coefficient (Wildman–Crippen LogP) is 14.8. The van der Waals surface area contributed by atoms with Crippen molar-refractivity contribution in [2.75, 3.05) is 18.1 Å². The number of carbonyl (C=O) groups is 2. The highest BCUT2D eigenvalue weighted by atomic mass is 35.5. The number of anilines is 1. The molecule has 0 radical (unpaired) electrons. The third-order valence-electron chi connectivity index (χ3n) is 10.5. The van der Waals surface area contributed by atoms with Crippen molar-refractivity contribution in [3.05, 3.63) is 215 Å². The molecule has 0 N–H and O–H groups in total. The third kappa shape index (κ3) is 11.7. The molecule has 0 amide bonds. The monoisotopic (exact) mass is 827 g/mol. The first-order chi connectivity index (χ1) is 29.9. The second kappa shape index (κ2) is 22.8. The van der Waals surface area contributed by atoms with Crippen molar-refractivity contribution >= 4 is 34.8 Å². The van der Waals surface area contributed by atoms with Gasteiger partial charge in [0.25, 0.3) is 0 Å². The molecule has 0 fully saturated rings. The maximum Gasteiger partial charge on any atom is 0.338 e. The first-order valence-electron chi connectivity index (χ1n) is 21.2. The fourth-order valence-corrected chi connectivity index (χ4v) is 7.74. The van der Waals surface area contributed by atoms with E-state index in [9.17, 15) is 9.59 Å². The Morgan fingerprint density at radius 3 is 2.15 bits per heavy atom. The van der Waals surface area contributed by atoms with Gasteiger partial charge in [-0.3, -0.25) is 0 Å². The molecule has 310 valence electrons. The summed E-state index contributed by atoms with van der Waals surface area (Å²) in [5.74, 6) is -1.00. The Kier molecular flexibility index (Phi) is 16.5. The Balaban J connectivity index is 1.50. The van der Waals surface area contributed by atoms with E-state index in [-0.39, 0.29) is 13.2 Å². The molecular formula is C55H54ClNO4. The zero-order chi connectivity index (χ0) is 42.8. The third-order valence-corrected chi connectivity index (χ3v) is 10.8. The molecule has 2 aliphatic carbocycles. The van der Waals surface area contributed by atoms with Gasteiger partial charge in [0.2, 0.25) is 0 Å². The van der Waals surface area contributed by atoms with Gasteiger partial charge in [-0.25, -0.2) is 9.59 Å². The van der Waals surface area contributed by atoms with Gasteiger partial charge in [0.05, 0.1) is 24.3 Å². The molecule has 0 bridgehead atoms. The lowest BCUT2D eigenvalue weighted by Crippen LogP contribution is -2.22. The Labute approximate surface area is 366 Å². The lowest BCUT2D eigenvalue weighted by Gasteiger charge is -2.31. The van der Waals surface area contributed by atoms with Gasteiger partial charge in [-0.05, 0) is 135 Å². The van der Waals surface area contributed by atoms with Crippen LogP contribution in [-0.4, -0.2) is 25.2 Å². The molecule has 0 saturated heterocycles. The number of esters is 2. The Morgan fingerprint density at radius 1 is 0.721 bits per heavy atom. The highest BCUT2D eigenvalue weighted by Gasteiger charge is 2.25. The number of halogens is 1. The van der Waals surface area contributed by atoms with Gasteiger partial charge in [0.1, 0.15) is 0 Å². The minimum Gasteiger partial charge on any atom is -0.462 e. The molecule has 0 aromatic heterocycles. The van der Waals surface area contributed by atoms with Crippen LogP contribution >= 0.6 is 11.6 Å². The normalized spacial score (nSPS) is 17.0. The Morgan fingerprint density at radius 2 is 1.41 bits per heavy atom. The first-order valence-corrected chi connectivity index (χ1v) is 21.6. The van der Waals surface area contributed by atoms with Gasteiger partial charge < -0.3 is 14.4 Å². The van der Waals surface area contributed by atoms with E-state index in [1.165, 1.54) is 16.7 Å². The van der Waals surface area contributed by atoms with Crippen LogP contribution in [0.5, 0.6) is 0 Å². The van der Waals surface area contributed by atoms with E-state index >= 15 is 0 Å². The summed E-state index contributed by atoms with van der Waals surface area (Å²) in [5, 5.41) is 0.451. The quantitative estimate of drug-likeness (QED) is 0.0640. The molecule has 0 aliphatic heterocycles. The molecule has 4 aromatic carbocycles. The maximum absolute atomic E-state index is 13.7. The van der Waals surface area contributed by atoms with Crippen molar-refractivity contribution in [3.63, 3.8) is 0 Å². The molecule has 6 rings (SSSR count). The van der Waals surface area contributed by atoms with Crippen molar-refractivity contribution in [1.29, 1.82) is 0 Å². The van der Waals surface area contributed by atoms with Gasteiger partial charge in [-0.2, -0.15) is 0 Å². The molecule has 61 heavy (non-hydrogen) atoms. The first kappa shape index (κ1) is 44.1. The molecule has 0 atom stereocenters. The van der Waals surface area contributed by atoms with Crippen LogP contribution in [0.4, 0.5) is 5.69 Å². The number of nitrogens with zero attached hydrogens (tertiary/aromatic N) is 1. The molecule has 0 spiro atoms. The van der Waals surface area contributed by atoms with Crippen LogP contribution < -0.4 is 4.90 Å². The summed E-state index contributed by atoms with van der Waals surface area (Å²) in [4.78, 5) is 29.7. The zero-order valence-electron chi connectivity index (χ0n) is 35.2. The van der Waals surface area contributed by atoms with Crippen LogP contribution in [0.25, 0.3) is 27.8 Å². The molecule has 0 saturated carbocycles. The summed E-state index contributed by atoms with van der Waals surface area (Å²) in [7, 11) is 0. The highest BCUT2D eigenvalue weighted by Crippen LogP contribution is 2.39. The second-order valence-corrected chi connectivity index (χ2v) is 15.0. The van der Waals surface area contributed by atoms with Crippen LogP contribution in [0.15, 0.2) is 194 Å². The smallest absolute Gasteiger partial charge is 0.338 e. The fourth-order valence-electron chi connectivity index (χ4n) is 7.50. The number of hydrogen-bond acceptors (Lipinski definition) is 5. The lowest BCUT2D eigenvalue weighted by atomic mass is 9.90. The Hall–Kier alpha value is -6.43. The number of hydrogen-bond donors (Lipinski definition) is 0. The molecular weight excluding hydrogens is 774 g/mol. The number of benzene rings is 4. The van der Waals surface area contributed by atoms with Gasteiger partial charge in [0.15, 0.2) is 0 Å². The summed E-state index contributed by atoms with van der Waals surface area (Å²) in [6.07, 6.45) is 34.6. The predicted molar refractivity (Wildman–Crippen MR) is 254 cm³/mol. The van der Waals surface area contributed by atoms with Crippen LogP contribution in [0, 0.1) is 0 Å². The molecule has 0 heterocycles. The molecule has 6 heteroatoms.